The number of ketones is 1. The van der Waals surface area contributed by atoms with Crippen LogP contribution in [0.15, 0.2) is 0 Å². The normalized spacial score (nSPS) is 12.7. The first-order valence-electron chi connectivity index (χ1n) is 7.23. The van der Waals surface area contributed by atoms with Gasteiger partial charge in [0, 0.05) is 0 Å². The average molecular weight is 301 g/mol. The maximum absolute atomic E-state index is 12.1. The molecule has 6 heteroatoms. The lowest BCUT2D eigenvalue weighted by molar-refractivity contribution is -0.146. The molecule has 0 unspecified atom stereocenters. The van der Waals surface area contributed by atoms with Crippen LogP contribution < -0.4 is 5.32 Å². The van der Waals surface area contributed by atoms with Gasteiger partial charge in [-0.25, -0.2) is 4.79 Å². The van der Waals surface area contributed by atoms with E-state index in [1.807, 2.05) is 13.8 Å². The molecule has 122 valence electrons. The number of hydrogen-bond donors (Lipinski definition) is 1. The van der Waals surface area contributed by atoms with Crippen LogP contribution in [0.2, 0.25) is 0 Å². The van der Waals surface area contributed by atoms with Crippen molar-refractivity contribution in [2.24, 2.45) is 5.92 Å². The second-order valence-electron chi connectivity index (χ2n) is 6.28. The zero-order chi connectivity index (χ0) is 16.6. The topological polar surface area (TPSA) is 81.7 Å². The summed E-state index contributed by atoms with van der Waals surface area (Å²) < 4.78 is 9.88. The van der Waals surface area contributed by atoms with Crippen molar-refractivity contribution in [2.45, 2.75) is 66.0 Å². The van der Waals surface area contributed by atoms with E-state index in [0.717, 1.165) is 0 Å². The third-order valence-corrected chi connectivity index (χ3v) is 2.41. The van der Waals surface area contributed by atoms with Gasteiger partial charge in [0.05, 0.1) is 12.6 Å². The molecule has 0 aliphatic heterocycles. The van der Waals surface area contributed by atoms with E-state index in [2.05, 4.69) is 5.32 Å². The van der Waals surface area contributed by atoms with Gasteiger partial charge in [0.25, 0.3) is 0 Å². The molecule has 6 nitrogen and oxygen atoms in total. The Morgan fingerprint density at radius 3 is 2.14 bits per heavy atom. The molecule has 0 aliphatic rings. The second kappa shape index (κ2) is 8.64. The zero-order valence-corrected chi connectivity index (χ0v) is 13.8. The smallest absolute Gasteiger partial charge is 0.408 e. The summed E-state index contributed by atoms with van der Waals surface area (Å²) in [7, 11) is 0. The van der Waals surface area contributed by atoms with Crippen LogP contribution in [0.5, 0.6) is 0 Å². The fourth-order valence-electron chi connectivity index (χ4n) is 1.67. The highest BCUT2D eigenvalue weighted by Crippen LogP contribution is 2.11. The van der Waals surface area contributed by atoms with Crippen LogP contribution >= 0.6 is 0 Å². The minimum atomic E-state index is -0.746. The number of rotatable bonds is 7. The van der Waals surface area contributed by atoms with Gasteiger partial charge >= 0.3 is 12.1 Å². The van der Waals surface area contributed by atoms with E-state index >= 15 is 0 Å². The average Bonchev–Trinajstić information content (AvgIpc) is 2.24. The van der Waals surface area contributed by atoms with E-state index in [9.17, 15) is 14.4 Å². The third kappa shape index (κ3) is 9.87. The first kappa shape index (κ1) is 19.4. The highest BCUT2D eigenvalue weighted by Gasteiger charge is 2.26. The van der Waals surface area contributed by atoms with Gasteiger partial charge in [0.15, 0.2) is 5.78 Å². The molecule has 0 aromatic heterocycles. The number of nitrogens with one attached hydrogen (secondary N) is 1. The molecular formula is C15H27NO5. The first-order chi connectivity index (χ1) is 9.55. The van der Waals surface area contributed by atoms with Crippen molar-refractivity contribution >= 4 is 17.8 Å². The van der Waals surface area contributed by atoms with Crippen LogP contribution in [-0.4, -0.2) is 36.1 Å². The van der Waals surface area contributed by atoms with Gasteiger partial charge in [-0.05, 0) is 40.0 Å². The molecular weight excluding hydrogens is 274 g/mol. The monoisotopic (exact) mass is 301 g/mol. The fourth-order valence-corrected chi connectivity index (χ4v) is 1.67. The molecule has 0 rings (SSSR count). The van der Waals surface area contributed by atoms with Crippen molar-refractivity contribution < 1.29 is 23.9 Å². The van der Waals surface area contributed by atoms with Crippen LogP contribution in [-0.2, 0) is 19.1 Å². The Kier molecular flexibility index (Phi) is 7.99. The number of ether oxygens (including phenoxy) is 2. The van der Waals surface area contributed by atoms with Gasteiger partial charge in [-0.2, -0.15) is 0 Å². The summed E-state index contributed by atoms with van der Waals surface area (Å²) in [6, 6.07) is -0.746. The lowest BCUT2D eigenvalue weighted by Gasteiger charge is -2.23. The minimum Gasteiger partial charge on any atom is -0.466 e. The quantitative estimate of drug-likeness (QED) is 0.577. The van der Waals surface area contributed by atoms with Crippen LogP contribution in [0, 0.1) is 5.92 Å². The molecule has 0 saturated heterocycles. The number of esters is 1. The van der Waals surface area contributed by atoms with E-state index in [1.54, 1.807) is 27.7 Å². The fraction of sp³-hybridized carbons (Fsp3) is 0.800. The summed E-state index contributed by atoms with van der Waals surface area (Å²) >= 11 is 0. The van der Waals surface area contributed by atoms with E-state index in [0.29, 0.717) is 6.42 Å². The van der Waals surface area contributed by atoms with Gasteiger partial charge in [-0.3, -0.25) is 9.59 Å². The predicted molar refractivity (Wildman–Crippen MR) is 78.9 cm³/mol. The molecule has 0 aromatic carbocycles. The summed E-state index contributed by atoms with van der Waals surface area (Å²) in [4.78, 5) is 35.2. The summed E-state index contributed by atoms with van der Waals surface area (Å²) in [6.07, 6.45) is -0.566. The largest absolute Gasteiger partial charge is 0.466 e. The molecule has 0 aliphatic carbocycles. The highest BCUT2D eigenvalue weighted by atomic mass is 16.6. The number of hydrogen-bond acceptors (Lipinski definition) is 5. The van der Waals surface area contributed by atoms with Crippen molar-refractivity contribution in [3.8, 4) is 0 Å². The van der Waals surface area contributed by atoms with Crippen molar-refractivity contribution in [1.82, 2.24) is 5.32 Å². The van der Waals surface area contributed by atoms with Crippen molar-refractivity contribution in [3.05, 3.63) is 0 Å². The molecule has 21 heavy (non-hydrogen) atoms. The molecule has 0 bridgehead atoms. The maximum atomic E-state index is 12.1. The Balaban J connectivity index is 4.68. The molecule has 0 heterocycles. The Hall–Kier alpha value is -1.59. The summed E-state index contributed by atoms with van der Waals surface area (Å²) in [5.74, 6) is -0.758. The van der Waals surface area contributed by atoms with Gasteiger partial charge in [-0.15, -0.1) is 0 Å². The van der Waals surface area contributed by atoms with E-state index < -0.39 is 23.7 Å². The maximum Gasteiger partial charge on any atom is 0.408 e. The lowest BCUT2D eigenvalue weighted by atomic mass is 9.99. The molecule has 0 saturated carbocycles. The standard InChI is InChI=1S/C15H27NO5/c1-7-20-13(18)9-12(17)11(8-10(2)3)16-14(19)21-15(4,5)6/h10-11H,7-9H2,1-6H3,(H,16,19)/t11-/m0/s1. The zero-order valence-electron chi connectivity index (χ0n) is 13.8. The van der Waals surface area contributed by atoms with Crippen LogP contribution in [0.25, 0.3) is 0 Å². The Labute approximate surface area is 126 Å². The summed E-state index contributed by atoms with van der Waals surface area (Å²) in [5, 5.41) is 2.53. The number of amides is 1. The Bertz CT molecular complexity index is 371. The molecule has 1 amide bonds. The third-order valence-electron chi connectivity index (χ3n) is 2.41. The molecule has 0 spiro atoms. The lowest BCUT2D eigenvalue weighted by Crippen LogP contribution is -2.44. The molecule has 1 atom stereocenters. The number of Topliss-reactive ketones (excluding diaryl/α,β-unsaturated/α-hetero) is 1. The number of carbonyl (C=O) groups is 3. The second-order valence-corrected chi connectivity index (χ2v) is 6.28. The van der Waals surface area contributed by atoms with Crippen molar-refractivity contribution in [2.75, 3.05) is 6.61 Å². The minimum absolute atomic E-state index is 0.191. The summed E-state index contributed by atoms with van der Waals surface area (Å²) in [6.45, 7) is 11.0. The van der Waals surface area contributed by atoms with Gasteiger partial charge in [0.2, 0.25) is 0 Å². The Morgan fingerprint density at radius 2 is 1.71 bits per heavy atom. The molecule has 0 radical (unpaired) electrons. The van der Waals surface area contributed by atoms with Crippen LogP contribution in [0.3, 0.4) is 0 Å². The van der Waals surface area contributed by atoms with E-state index in [-0.39, 0.29) is 24.7 Å². The van der Waals surface area contributed by atoms with Crippen molar-refractivity contribution in [3.63, 3.8) is 0 Å². The van der Waals surface area contributed by atoms with Crippen molar-refractivity contribution in [1.29, 1.82) is 0 Å². The van der Waals surface area contributed by atoms with Gasteiger partial charge in [-0.1, -0.05) is 13.8 Å². The number of alkyl carbamates (subject to hydrolysis) is 1. The first-order valence-corrected chi connectivity index (χ1v) is 7.23. The predicted octanol–water partition coefficient (Wildman–Crippen LogP) is 2.45. The van der Waals surface area contributed by atoms with Crippen LogP contribution in [0.1, 0.15) is 54.4 Å². The summed E-state index contributed by atoms with van der Waals surface area (Å²) in [5.41, 5.74) is -0.642. The van der Waals surface area contributed by atoms with Gasteiger partial charge < -0.3 is 14.8 Å². The number of carbonyl (C=O) groups excluding carboxylic acids is 3. The highest BCUT2D eigenvalue weighted by molar-refractivity contribution is 5.99. The molecule has 0 fully saturated rings. The van der Waals surface area contributed by atoms with Crippen LogP contribution in [0.4, 0.5) is 4.79 Å². The Morgan fingerprint density at radius 1 is 1.14 bits per heavy atom. The van der Waals surface area contributed by atoms with Gasteiger partial charge in [0.1, 0.15) is 12.0 Å². The van der Waals surface area contributed by atoms with E-state index in [4.69, 9.17) is 9.47 Å². The molecule has 0 aromatic rings. The van der Waals surface area contributed by atoms with E-state index in [1.165, 1.54) is 0 Å². The SMILES string of the molecule is CCOC(=O)CC(=O)[C@H](CC(C)C)NC(=O)OC(C)(C)C. The molecule has 1 N–H and O–H groups in total.